The van der Waals surface area contributed by atoms with Crippen LogP contribution in [-0.2, 0) is 0 Å². The van der Waals surface area contributed by atoms with Crippen molar-refractivity contribution >= 4 is 32.2 Å². The predicted molar refractivity (Wildman–Crippen MR) is 87.3 cm³/mol. The van der Waals surface area contributed by atoms with E-state index in [0.29, 0.717) is 0 Å². The highest BCUT2D eigenvalue weighted by Gasteiger charge is 2.10. The lowest BCUT2D eigenvalue weighted by molar-refractivity contribution is 1.35. The molecule has 0 unspecified atom stereocenters. The zero-order valence-electron chi connectivity index (χ0n) is 11.1. The Morgan fingerprint density at radius 2 is 1.80 bits per heavy atom. The molecule has 0 aliphatic rings. The molecule has 0 fully saturated rings. The van der Waals surface area contributed by atoms with Crippen molar-refractivity contribution in [1.29, 1.82) is 0 Å². The quantitative estimate of drug-likeness (QED) is 0.451. The summed E-state index contributed by atoms with van der Waals surface area (Å²) in [6, 6.07) is 17.1. The Bertz CT molecular complexity index is 921. The van der Waals surface area contributed by atoms with Gasteiger partial charge in [0.1, 0.15) is 0 Å². The van der Waals surface area contributed by atoms with Crippen LogP contribution in [0.1, 0.15) is 5.56 Å². The lowest BCUT2D eigenvalue weighted by Gasteiger charge is -2.09. The minimum atomic E-state index is 1.10. The lowest BCUT2D eigenvalue weighted by Crippen LogP contribution is -1.88. The number of aromatic nitrogens is 1. The summed E-state index contributed by atoms with van der Waals surface area (Å²) in [4.78, 5) is 4.63. The highest BCUT2D eigenvalue weighted by atomic mass is 32.1. The molecule has 2 aromatic heterocycles. The third-order valence-corrected chi connectivity index (χ3v) is 4.76. The summed E-state index contributed by atoms with van der Waals surface area (Å²) < 4.78 is 1.27. The number of fused-ring (bicyclic) bond motifs is 2. The van der Waals surface area contributed by atoms with Crippen LogP contribution in [0.5, 0.6) is 0 Å². The zero-order valence-corrected chi connectivity index (χ0v) is 11.9. The molecular weight excluding hydrogens is 262 g/mol. The van der Waals surface area contributed by atoms with Gasteiger partial charge in [-0.2, -0.15) is 0 Å². The Balaban J connectivity index is 2.07. The number of hydrogen-bond acceptors (Lipinski definition) is 2. The molecule has 0 atom stereocenters. The number of pyridine rings is 1. The van der Waals surface area contributed by atoms with Gasteiger partial charge in [-0.3, -0.25) is 4.98 Å². The molecule has 0 saturated heterocycles. The largest absolute Gasteiger partial charge is 0.255 e. The second-order valence-electron chi connectivity index (χ2n) is 4.96. The van der Waals surface area contributed by atoms with Gasteiger partial charge < -0.3 is 0 Å². The minimum Gasteiger partial charge on any atom is -0.255 e. The van der Waals surface area contributed by atoms with Crippen LogP contribution < -0.4 is 0 Å². The molecule has 20 heavy (non-hydrogen) atoms. The van der Waals surface area contributed by atoms with Crippen LogP contribution in [0.3, 0.4) is 0 Å². The molecule has 1 nitrogen and oxygen atoms in total. The average molecular weight is 275 g/mol. The smallest absolute Gasteiger partial charge is 0.0882 e. The first-order valence-electron chi connectivity index (χ1n) is 6.65. The second kappa shape index (κ2) is 4.43. The van der Waals surface area contributed by atoms with Gasteiger partial charge in [0.05, 0.1) is 10.4 Å². The van der Waals surface area contributed by atoms with Crippen LogP contribution in [0.2, 0.25) is 0 Å². The third-order valence-electron chi connectivity index (χ3n) is 3.82. The van der Waals surface area contributed by atoms with Gasteiger partial charge in [0.2, 0.25) is 0 Å². The predicted octanol–water partition coefficient (Wildman–Crippen LogP) is 5.42. The van der Waals surface area contributed by atoms with Gasteiger partial charge in [-0.15, -0.1) is 11.3 Å². The Labute approximate surface area is 121 Å². The van der Waals surface area contributed by atoms with E-state index in [0.717, 1.165) is 5.69 Å². The molecule has 0 bridgehead atoms. The van der Waals surface area contributed by atoms with E-state index in [9.17, 15) is 0 Å². The summed E-state index contributed by atoms with van der Waals surface area (Å²) in [5, 5.41) is 5.99. The van der Waals surface area contributed by atoms with Crippen LogP contribution in [0.25, 0.3) is 32.1 Å². The standard InChI is InChI=1S/C18H13NS/c1-12-15-5-3-2-4-13(15)6-7-16(12)17-18-14(8-10-19-17)9-11-20-18/h2-11H,1H3. The molecule has 0 spiro atoms. The zero-order chi connectivity index (χ0) is 13.5. The number of nitrogens with zero attached hydrogens (tertiary/aromatic N) is 1. The number of thiophene rings is 1. The van der Waals surface area contributed by atoms with E-state index in [1.165, 1.54) is 32.0 Å². The number of hydrogen-bond donors (Lipinski definition) is 0. The topological polar surface area (TPSA) is 12.9 Å². The Morgan fingerprint density at radius 3 is 2.75 bits per heavy atom. The molecule has 0 saturated carbocycles. The first-order chi connectivity index (χ1) is 9.84. The van der Waals surface area contributed by atoms with Crippen molar-refractivity contribution in [3.8, 4) is 11.3 Å². The van der Waals surface area contributed by atoms with E-state index in [1.54, 1.807) is 11.3 Å². The van der Waals surface area contributed by atoms with Crippen LogP contribution in [0.15, 0.2) is 60.1 Å². The molecule has 2 heteroatoms. The summed E-state index contributed by atoms with van der Waals surface area (Å²) >= 11 is 1.76. The molecule has 4 aromatic rings. The molecular formula is C18H13NS. The first-order valence-corrected chi connectivity index (χ1v) is 7.53. The van der Waals surface area contributed by atoms with Crippen LogP contribution in [0, 0.1) is 6.92 Å². The minimum absolute atomic E-state index is 1.10. The van der Waals surface area contributed by atoms with Crippen molar-refractivity contribution in [3.63, 3.8) is 0 Å². The van der Waals surface area contributed by atoms with Crippen molar-refractivity contribution < 1.29 is 0 Å². The number of aryl methyl sites for hydroxylation is 1. The lowest BCUT2D eigenvalue weighted by atomic mass is 9.97. The maximum absolute atomic E-state index is 4.63. The molecule has 0 amide bonds. The molecule has 96 valence electrons. The van der Waals surface area contributed by atoms with Gasteiger partial charge in [-0.05, 0) is 46.2 Å². The van der Waals surface area contributed by atoms with Crippen molar-refractivity contribution in [2.24, 2.45) is 0 Å². The molecule has 2 aromatic carbocycles. The molecule has 4 rings (SSSR count). The fourth-order valence-electron chi connectivity index (χ4n) is 2.77. The van der Waals surface area contributed by atoms with Crippen LogP contribution >= 0.6 is 11.3 Å². The van der Waals surface area contributed by atoms with Crippen molar-refractivity contribution in [3.05, 3.63) is 65.7 Å². The summed E-state index contributed by atoms with van der Waals surface area (Å²) in [7, 11) is 0. The Morgan fingerprint density at radius 1 is 0.900 bits per heavy atom. The van der Waals surface area contributed by atoms with E-state index < -0.39 is 0 Å². The monoisotopic (exact) mass is 275 g/mol. The summed E-state index contributed by atoms with van der Waals surface area (Å²) in [5.41, 5.74) is 3.63. The highest BCUT2D eigenvalue weighted by molar-refractivity contribution is 7.17. The van der Waals surface area contributed by atoms with Gasteiger partial charge in [0, 0.05) is 11.8 Å². The molecule has 0 aliphatic heterocycles. The fourth-order valence-corrected chi connectivity index (χ4v) is 3.67. The van der Waals surface area contributed by atoms with Crippen LogP contribution in [0.4, 0.5) is 0 Å². The fraction of sp³-hybridized carbons (Fsp3) is 0.0556. The molecule has 2 heterocycles. The Hall–Kier alpha value is -2.19. The SMILES string of the molecule is Cc1c(-c2nccc3ccsc23)ccc2ccccc12. The van der Waals surface area contributed by atoms with E-state index >= 15 is 0 Å². The summed E-state index contributed by atoms with van der Waals surface area (Å²) in [6.07, 6.45) is 1.90. The second-order valence-corrected chi connectivity index (χ2v) is 5.87. The third kappa shape index (κ3) is 1.65. The van der Waals surface area contributed by atoms with Gasteiger partial charge in [0.15, 0.2) is 0 Å². The summed E-state index contributed by atoms with van der Waals surface area (Å²) in [6.45, 7) is 2.19. The molecule has 0 radical (unpaired) electrons. The maximum Gasteiger partial charge on any atom is 0.0882 e. The van der Waals surface area contributed by atoms with E-state index in [4.69, 9.17) is 0 Å². The van der Waals surface area contributed by atoms with E-state index in [1.807, 2.05) is 6.20 Å². The average Bonchev–Trinajstić information content (AvgIpc) is 2.97. The van der Waals surface area contributed by atoms with Crippen LogP contribution in [-0.4, -0.2) is 4.98 Å². The summed E-state index contributed by atoms with van der Waals surface area (Å²) in [5.74, 6) is 0. The van der Waals surface area contributed by atoms with Gasteiger partial charge in [0.25, 0.3) is 0 Å². The van der Waals surface area contributed by atoms with Gasteiger partial charge >= 0.3 is 0 Å². The molecule has 0 aliphatic carbocycles. The van der Waals surface area contributed by atoms with Crippen molar-refractivity contribution in [2.45, 2.75) is 6.92 Å². The van der Waals surface area contributed by atoms with Gasteiger partial charge in [-0.1, -0.05) is 36.4 Å². The number of benzene rings is 2. The van der Waals surface area contributed by atoms with Crippen molar-refractivity contribution in [2.75, 3.05) is 0 Å². The first kappa shape index (κ1) is 11.6. The van der Waals surface area contributed by atoms with E-state index in [-0.39, 0.29) is 0 Å². The Kier molecular flexibility index (Phi) is 2.57. The van der Waals surface area contributed by atoms with E-state index in [2.05, 4.69) is 65.8 Å². The van der Waals surface area contributed by atoms with Gasteiger partial charge in [-0.25, -0.2) is 0 Å². The highest BCUT2D eigenvalue weighted by Crippen LogP contribution is 2.34. The number of rotatable bonds is 1. The normalized spacial score (nSPS) is 11.2. The maximum atomic E-state index is 4.63. The van der Waals surface area contributed by atoms with Crippen molar-refractivity contribution in [1.82, 2.24) is 4.98 Å². The molecule has 0 N–H and O–H groups in total.